The number of ether oxygens (including phenoxy) is 2. The molecule has 0 aromatic carbocycles. The van der Waals surface area contributed by atoms with Crippen molar-refractivity contribution in [3.63, 3.8) is 0 Å². The first kappa shape index (κ1) is 14.1. The number of hydrogen-bond donors (Lipinski definition) is 0. The van der Waals surface area contributed by atoms with E-state index in [0.717, 1.165) is 0 Å². The van der Waals surface area contributed by atoms with Gasteiger partial charge in [-0.2, -0.15) is 0 Å². The molecule has 0 aliphatic rings. The highest BCUT2D eigenvalue weighted by atomic mass is 16.6. The highest BCUT2D eigenvalue weighted by Gasteiger charge is 2.31. The minimum absolute atomic E-state index is 0.0625. The minimum Gasteiger partial charge on any atom is -0.465 e. The van der Waals surface area contributed by atoms with Gasteiger partial charge in [0.25, 0.3) is 0 Å². The Kier molecular flexibility index (Phi) is 5.29. The maximum atomic E-state index is 11.7. The van der Waals surface area contributed by atoms with E-state index in [-0.39, 0.29) is 19.6 Å². The summed E-state index contributed by atoms with van der Waals surface area (Å²) in [7, 11) is 0. The SMILES string of the molecule is CCOC(=O)C(Cc1nonc1C)C(=O)OCC. The molecule has 0 N–H and O–H groups in total. The Labute approximate surface area is 104 Å². The predicted molar refractivity (Wildman–Crippen MR) is 59.5 cm³/mol. The number of nitrogens with zero attached hydrogens (tertiary/aromatic N) is 2. The lowest BCUT2D eigenvalue weighted by Crippen LogP contribution is -2.30. The van der Waals surface area contributed by atoms with E-state index in [0.29, 0.717) is 11.4 Å². The van der Waals surface area contributed by atoms with Crippen LogP contribution in [0, 0.1) is 12.8 Å². The predicted octanol–water partition coefficient (Wildman–Crippen LogP) is 0.663. The molecule has 0 amide bonds. The van der Waals surface area contributed by atoms with E-state index < -0.39 is 17.9 Å². The van der Waals surface area contributed by atoms with Crippen LogP contribution in [0.1, 0.15) is 25.2 Å². The van der Waals surface area contributed by atoms with Crippen LogP contribution >= 0.6 is 0 Å². The molecule has 0 saturated heterocycles. The van der Waals surface area contributed by atoms with Gasteiger partial charge in [0.1, 0.15) is 11.4 Å². The van der Waals surface area contributed by atoms with Crippen LogP contribution in [0.5, 0.6) is 0 Å². The Morgan fingerprint density at radius 3 is 2.11 bits per heavy atom. The van der Waals surface area contributed by atoms with Crippen LogP contribution in [0.25, 0.3) is 0 Å². The van der Waals surface area contributed by atoms with Crippen LogP contribution in [0.15, 0.2) is 4.63 Å². The van der Waals surface area contributed by atoms with Gasteiger partial charge in [0, 0.05) is 6.42 Å². The monoisotopic (exact) mass is 256 g/mol. The Morgan fingerprint density at radius 1 is 1.17 bits per heavy atom. The summed E-state index contributed by atoms with van der Waals surface area (Å²) in [5, 5.41) is 7.23. The summed E-state index contributed by atoms with van der Waals surface area (Å²) in [4.78, 5) is 23.4. The number of carbonyl (C=O) groups excluding carboxylic acids is 2. The van der Waals surface area contributed by atoms with E-state index in [1.54, 1.807) is 20.8 Å². The zero-order valence-electron chi connectivity index (χ0n) is 10.6. The molecule has 7 heteroatoms. The van der Waals surface area contributed by atoms with Crippen LogP contribution in [0.2, 0.25) is 0 Å². The summed E-state index contributed by atoms with van der Waals surface area (Å²) < 4.78 is 14.2. The third-order valence-electron chi connectivity index (χ3n) is 2.29. The first-order chi connectivity index (χ1) is 8.60. The van der Waals surface area contributed by atoms with Crippen molar-refractivity contribution in [1.82, 2.24) is 10.3 Å². The van der Waals surface area contributed by atoms with Gasteiger partial charge >= 0.3 is 11.9 Å². The van der Waals surface area contributed by atoms with Crippen LogP contribution in [0.3, 0.4) is 0 Å². The fourth-order valence-electron chi connectivity index (χ4n) is 1.38. The van der Waals surface area contributed by atoms with Crippen LogP contribution < -0.4 is 0 Å². The summed E-state index contributed by atoms with van der Waals surface area (Å²) in [6.07, 6.45) is 0.0625. The van der Waals surface area contributed by atoms with Crippen molar-refractivity contribution in [2.75, 3.05) is 13.2 Å². The molecule has 1 heterocycles. The largest absolute Gasteiger partial charge is 0.465 e. The summed E-state index contributed by atoms with van der Waals surface area (Å²) in [5.74, 6) is -2.28. The van der Waals surface area contributed by atoms with Crippen molar-refractivity contribution >= 4 is 11.9 Å². The van der Waals surface area contributed by atoms with Crippen molar-refractivity contribution in [1.29, 1.82) is 0 Å². The average molecular weight is 256 g/mol. The van der Waals surface area contributed by atoms with Gasteiger partial charge in [-0.3, -0.25) is 9.59 Å². The highest BCUT2D eigenvalue weighted by molar-refractivity contribution is 5.95. The third-order valence-corrected chi connectivity index (χ3v) is 2.29. The number of hydrogen-bond acceptors (Lipinski definition) is 7. The highest BCUT2D eigenvalue weighted by Crippen LogP contribution is 2.13. The Hall–Kier alpha value is -1.92. The summed E-state index contributed by atoms with van der Waals surface area (Å²) in [6.45, 7) is 5.42. The van der Waals surface area contributed by atoms with E-state index in [9.17, 15) is 9.59 Å². The third kappa shape index (κ3) is 3.54. The van der Waals surface area contributed by atoms with Crippen LogP contribution in [0.4, 0.5) is 0 Å². The molecule has 0 spiro atoms. The van der Waals surface area contributed by atoms with Gasteiger partial charge < -0.3 is 9.47 Å². The minimum atomic E-state index is -1.03. The van der Waals surface area contributed by atoms with Gasteiger partial charge in [-0.25, -0.2) is 4.63 Å². The second-order valence-corrected chi connectivity index (χ2v) is 3.56. The maximum absolute atomic E-state index is 11.7. The van der Waals surface area contributed by atoms with Gasteiger partial charge in [-0.15, -0.1) is 0 Å². The van der Waals surface area contributed by atoms with E-state index in [1.807, 2.05) is 0 Å². The lowest BCUT2D eigenvalue weighted by molar-refractivity contribution is -0.161. The molecule has 0 aliphatic heterocycles. The first-order valence-corrected chi connectivity index (χ1v) is 5.71. The van der Waals surface area contributed by atoms with Gasteiger partial charge in [-0.05, 0) is 20.8 Å². The van der Waals surface area contributed by atoms with Gasteiger partial charge in [-0.1, -0.05) is 10.3 Å². The number of carbonyl (C=O) groups is 2. The molecule has 0 radical (unpaired) electrons. The topological polar surface area (TPSA) is 91.5 Å². The smallest absolute Gasteiger partial charge is 0.320 e. The Balaban J connectivity index is 2.80. The Morgan fingerprint density at radius 2 is 1.72 bits per heavy atom. The van der Waals surface area contributed by atoms with E-state index in [1.165, 1.54) is 0 Å². The molecule has 7 nitrogen and oxygen atoms in total. The van der Waals surface area contributed by atoms with Crippen molar-refractivity contribution in [3.8, 4) is 0 Å². The number of esters is 2. The molecular weight excluding hydrogens is 240 g/mol. The number of aromatic nitrogens is 2. The number of aryl methyl sites for hydroxylation is 1. The van der Waals surface area contributed by atoms with E-state index in [4.69, 9.17) is 9.47 Å². The molecule has 18 heavy (non-hydrogen) atoms. The zero-order valence-corrected chi connectivity index (χ0v) is 10.6. The molecule has 100 valence electrons. The molecule has 0 bridgehead atoms. The molecule has 1 rings (SSSR count). The van der Waals surface area contributed by atoms with Crippen LogP contribution in [-0.2, 0) is 25.5 Å². The summed E-state index contributed by atoms with van der Waals surface area (Å²) >= 11 is 0. The Bertz CT molecular complexity index is 397. The second kappa shape index (κ2) is 6.73. The number of rotatable bonds is 6. The maximum Gasteiger partial charge on any atom is 0.320 e. The fourth-order valence-corrected chi connectivity index (χ4v) is 1.38. The fraction of sp³-hybridized carbons (Fsp3) is 0.636. The van der Waals surface area contributed by atoms with Gasteiger partial charge in [0.15, 0.2) is 5.92 Å². The second-order valence-electron chi connectivity index (χ2n) is 3.56. The van der Waals surface area contributed by atoms with Crippen molar-refractivity contribution in [2.45, 2.75) is 27.2 Å². The lowest BCUT2D eigenvalue weighted by atomic mass is 10.0. The van der Waals surface area contributed by atoms with Crippen molar-refractivity contribution in [3.05, 3.63) is 11.4 Å². The first-order valence-electron chi connectivity index (χ1n) is 5.71. The van der Waals surface area contributed by atoms with Gasteiger partial charge in [0.2, 0.25) is 0 Å². The molecule has 0 aliphatic carbocycles. The quantitative estimate of drug-likeness (QED) is 0.545. The lowest BCUT2D eigenvalue weighted by Gasteiger charge is -2.12. The molecule has 1 aromatic rings. The zero-order chi connectivity index (χ0) is 13.5. The summed E-state index contributed by atoms with van der Waals surface area (Å²) in [5.41, 5.74) is 0.981. The van der Waals surface area contributed by atoms with Crippen molar-refractivity contribution in [2.24, 2.45) is 5.92 Å². The van der Waals surface area contributed by atoms with Gasteiger partial charge in [0.05, 0.1) is 13.2 Å². The van der Waals surface area contributed by atoms with Crippen molar-refractivity contribution < 1.29 is 23.7 Å². The van der Waals surface area contributed by atoms with E-state index >= 15 is 0 Å². The molecule has 0 fully saturated rings. The van der Waals surface area contributed by atoms with E-state index in [2.05, 4.69) is 14.9 Å². The average Bonchev–Trinajstić information content (AvgIpc) is 2.72. The standard InChI is InChI=1S/C11H16N2O5/c1-4-16-10(14)8(11(15)17-5-2)6-9-7(3)12-18-13-9/h8H,4-6H2,1-3H3. The van der Waals surface area contributed by atoms with Crippen LogP contribution in [-0.4, -0.2) is 35.5 Å². The normalized spacial score (nSPS) is 10.4. The molecule has 1 aromatic heterocycles. The molecule has 0 atom stereocenters. The molecule has 0 unspecified atom stereocenters. The molecule has 0 saturated carbocycles. The summed E-state index contributed by atoms with van der Waals surface area (Å²) in [6, 6.07) is 0. The molecular formula is C11H16N2O5.